The lowest BCUT2D eigenvalue weighted by Crippen LogP contribution is -2.01. The Balaban J connectivity index is 1.13. The number of benzene rings is 9. The Morgan fingerprint density at radius 3 is 1.29 bits per heavy atom. The van der Waals surface area contributed by atoms with E-state index in [2.05, 4.69) is 194 Å². The van der Waals surface area contributed by atoms with Gasteiger partial charge in [0.1, 0.15) is 0 Å². The highest BCUT2D eigenvalue weighted by Gasteiger charge is 2.19. The molecule has 9 aromatic carbocycles. The summed E-state index contributed by atoms with van der Waals surface area (Å²) in [5.41, 5.74) is 14.4. The number of aromatic nitrogens is 4. The Labute approximate surface area is 360 Å². The Morgan fingerprint density at radius 2 is 0.677 bits per heavy atom. The third-order valence-corrected chi connectivity index (χ3v) is 11.5. The van der Waals surface area contributed by atoms with Crippen LogP contribution in [0.5, 0.6) is 0 Å². The highest BCUT2D eigenvalue weighted by Crippen LogP contribution is 2.42. The third kappa shape index (κ3) is 7.10. The maximum absolute atomic E-state index is 5.49. The molecule has 11 rings (SSSR count). The number of hydrogen-bond acceptors (Lipinski definition) is 4. The molecule has 2 aromatic heterocycles. The SMILES string of the molecule is c1ccc(-c2cc(-c3ccccc3)cc(-c3nc(-c4ccccc4)nc(-c4cccc(-c5cc6ccccc6c6c(-c7ccccc7)cc(-c7ccccc7)nc56)c4)n3)c2)cc1. The second-order valence-electron chi connectivity index (χ2n) is 15.4. The maximum atomic E-state index is 5.49. The van der Waals surface area contributed by atoms with Crippen LogP contribution in [0, 0.1) is 0 Å². The molecule has 0 N–H and O–H groups in total. The van der Waals surface area contributed by atoms with Crippen LogP contribution in [0.15, 0.2) is 231 Å². The third-order valence-electron chi connectivity index (χ3n) is 11.5. The predicted molar refractivity (Wildman–Crippen MR) is 256 cm³/mol. The van der Waals surface area contributed by atoms with Crippen LogP contribution in [0.2, 0.25) is 0 Å². The molecule has 0 aliphatic carbocycles. The van der Waals surface area contributed by atoms with E-state index in [9.17, 15) is 0 Å². The molecule has 0 radical (unpaired) electrons. The van der Waals surface area contributed by atoms with Gasteiger partial charge in [-0.3, -0.25) is 0 Å². The molecule has 4 nitrogen and oxygen atoms in total. The Bertz CT molecular complexity index is 3310. The lowest BCUT2D eigenvalue weighted by atomic mass is 9.90. The second-order valence-corrected chi connectivity index (χ2v) is 15.4. The van der Waals surface area contributed by atoms with Crippen LogP contribution < -0.4 is 0 Å². The largest absolute Gasteiger partial charge is 0.247 e. The van der Waals surface area contributed by atoms with Gasteiger partial charge < -0.3 is 0 Å². The van der Waals surface area contributed by atoms with Crippen molar-refractivity contribution in [2.75, 3.05) is 0 Å². The molecule has 0 atom stereocenters. The van der Waals surface area contributed by atoms with Crippen molar-refractivity contribution in [1.82, 2.24) is 19.9 Å². The lowest BCUT2D eigenvalue weighted by Gasteiger charge is -2.17. The fourth-order valence-electron chi connectivity index (χ4n) is 8.44. The van der Waals surface area contributed by atoms with Crippen molar-refractivity contribution in [3.8, 4) is 89.9 Å². The molecule has 0 bridgehead atoms. The van der Waals surface area contributed by atoms with Crippen LogP contribution in [0.4, 0.5) is 0 Å². The normalized spacial score (nSPS) is 11.2. The van der Waals surface area contributed by atoms with E-state index in [0.29, 0.717) is 17.5 Å². The van der Waals surface area contributed by atoms with Gasteiger partial charge in [0.25, 0.3) is 0 Å². The molecule has 11 aromatic rings. The molecule has 0 fully saturated rings. The Morgan fingerprint density at radius 1 is 0.242 bits per heavy atom. The molecule has 290 valence electrons. The zero-order valence-electron chi connectivity index (χ0n) is 33.7. The van der Waals surface area contributed by atoms with Gasteiger partial charge in [0, 0.05) is 33.2 Å². The maximum Gasteiger partial charge on any atom is 0.164 e. The minimum absolute atomic E-state index is 0.593. The van der Waals surface area contributed by atoms with Gasteiger partial charge in [-0.25, -0.2) is 19.9 Å². The van der Waals surface area contributed by atoms with Crippen molar-refractivity contribution in [2.45, 2.75) is 0 Å². The summed E-state index contributed by atoms with van der Waals surface area (Å²) < 4.78 is 0. The van der Waals surface area contributed by atoms with Crippen LogP contribution in [-0.2, 0) is 0 Å². The summed E-state index contributed by atoms with van der Waals surface area (Å²) in [5, 5.41) is 3.43. The first-order chi connectivity index (χ1) is 30.7. The van der Waals surface area contributed by atoms with E-state index in [0.717, 1.165) is 94.1 Å². The van der Waals surface area contributed by atoms with Crippen LogP contribution >= 0.6 is 0 Å². The molecule has 0 aliphatic heterocycles. The number of rotatable bonds is 8. The van der Waals surface area contributed by atoms with Gasteiger partial charge >= 0.3 is 0 Å². The van der Waals surface area contributed by atoms with Gasteiger partial charge in [0.2, 0.25) is 0 Å². The first-order valence-corrected chi connectivity index (χ1v) is 20.9. The van der Waals surface area contributed by atoms with E-state index in [1.54, 1.807) is 0 Å². The highest BCUT2D eigenvalue weighted by atomic mass is 15.0. The van der Waals surface area contributed by atoms with E-state index >= 15 is 0 Å². The summed E-state index contributed by atoms with van der Waals surface area (Å²) in [4.78, 5) is 21.1. The van der Waals surface area contributed by atoms with E-state index in [4.69, 9.17) is 19.9 Å². The smallest absolute Gasteiger partial charge is 0.164 e. The van der Waals surface area contributed by atoms with Gasteiger partial charge in [-0.05, 0) is 86.1 Å². The topological polar surface area (TPSA) is 51.6 Å². The molecular weight excluding hydrogens is 753 g/mol. The number of pyridine rings is 1. The average Bonchev–Trinajstić information content (AvgIpc) is 3.37. The summed E-state index contributed by atoms with van der Waals surface area (Å²) in [6.45, 7) is 0. The fourth-order valence-corrected chi connectivity index (χ4v) is 8.44. The monoisotopic (exact) mass is 790 g/mol. The van der Waals surface area contributed by atoms with Crippen molar-refractivity contribution in [2.24, 2.45) is 0 Å². The van der Waals surface area contributed by atoms with E-state index in [1.165, 1.54) is 0 Å². The molecule has 0 amide bonds. The van der Waals surface area contributed by atoms with Gasteiger partial charge in [-0.2, -0.15) is 0 Å². The summed E-state index contributed by atoms with van der Waals surface area (Å²) in [6, 6.07) is 80.5. The average molecular weight is 791 g/mol. The summed E-state index contributed by atoms with van der Waals surface area (Å²) in [5.74, 6) is 1.81. The van der Waals surface area contributed by atoms with Gasteiger partial charge in [-0.15, -0.1) is 0 Å². The van der Waals surface area contributed by atoms with Crippen molar-refractivity contribution in [3.63, 3.8) is 0 Å². The molecular formula is C58H38N4. The molecule has 2 heterocycles. The number of hydrogen-bond donors (Lipinski definition) is 0. The molecule has 62 heavy (non-hydrogen) atoms. The molecule has 0 unspecified atom stereocenters. The molecule has 0 aliphatic rings. The van der Waals surface area contributed by atoms with E-state index in [1.807, 2.05) is 36.4 Å². The molecule has 0 saturated heterocycles. The fraction of sp³-hybridized carbons (Fsp3) is 0. The first-order valence-electron chi connectivity index (χ1n) is 20.9. The van der Waals surface area contributed by atoms with Crippen LogP contribution in [0.25, 0.3) is 112 Å². The summed E-state index contributed by atoms with van der Waals surface area (Å²) in [7, 11) is 0. The van der Waals surface area contributed by atoms with Crippen molar-refractivity contribution in [1.29, 1.82) is 0 Å². The summed E-state index contributed by atoms with van der Waals surface area (Å²) in [6.07, 6.45) is 0. The van der Waals surface area contributed by atoms with Crippen molar-refractivity contribution in [3.05, 3.63) is 231 Å². The van der Waals surface area contributed by atoms with Crippen LogP contribution in [0.3, 0.4) is 0 Å². The standard InChI is InChI=1S/C58H38N4/c1-6-19-39(20-7-1)47-34-48(40-21-8-2-9-22-40)36-49(35-47)58-61-56(43-27-14-5-15-28-43)60-57(62-58)46-31-18-30-44(33-46)52-37-45-29-16-17-32-50(45)54-51(41-23-10-3-11-24-41)38-53(59-55(52)54)42-25-12-4-13-26-42/h1-38H. The van der Waals surface area contributed by atoms with E-state index < -0.39 is 0 Å². The zero-order chi connectivity index (χ0) is 41.2. The lowest BCUT2D eigenvalue weighted by molar-refractivity contribution is 1.07. The van der Waals surface area contributed by atoms with Crippen molar-refractivity contribution >= 4 is 21.7 Å². The van der Waals surface area contributed by atoms with Gasteiger partial charge in [0.05, 0.1) is 11.2 Å². The molecule has 0 saturated carbocycles. The zero-order valence-corrected chi connectivity index (χ0v) is 33.7. The number of fused-ring (bicyclic) bond motifs is 3. The predicted octanol–water partition coefficient (Wildman–Crippen LogP) is 14.9. The molecule has 4 heteroatoms. The van der Waals surface area contributed by atoms with Gasteiger partial charge in [-0.1, -0.05) is 194 Å². The van der Waals surface area contributed by atoms with Crippen molar-refractivity contribution < 1.29 is 0 Å². The number of nitrogens with zero attached hydrogens (tertiary/aromatic N) is 4. The Hall–Kier alpha value is -8.34. The van der Waals surface area contributed by atoms with Gasteiger partial charge in [0.15, 0.2) is 17.5 Å². The second kappa shape index (κ2) is 16.0. The van der Waals surface area contributed by atoms with Crippen LogP contribution in [-0.4, -0.2) is 19.9 Å². The first kappa shape index (κ1) is 36.7. The van der Waals surface area contributed by atoms with Crippen LogP contribution in [0.1, 0.15) is 0 Å². The quantitative estimate of drug-likeness (QED) is 0.144. The summed E-state index contributed by atoms with van der Waals surface area (Å²) >= 11 is 0. The Kier molecular flexibility index (Phi) is 9.49. The molecule has 0 spiro atoms. The highest BCUT2D eigenvalue weighted by molar-refractivity contribution is 6.18. The van der Waals surface area contributed by atoms with E-state index in [-0.39, 0.29) is 0 Å². The minimum Gasteiger partial charge on any atom is -0.247 e. The minimum atomic E-state index is 0.593.